The van der Waals surface area contributed by atoms with E-state index in [9.17, 15) is 5.11 Å². The van der Waals surface area contributed by atoms with Crippen LogP contribution in [0.25, 0.3) is 0 Å². The molecule has 0 atom stereocenters. The predicted octanol–water partition coefficient (Wildman–Crippen LogP) is 0.935. The van der Waals surface area contributed by atoms with Gasteiger partial charge in [-0.15, -0.1) is 0 Å². The Bertz CT molecular complexity index is 356. The highest BCUT2D eigenvalue weighted by Gasteiger charge is 2.42. The summed E-state index contributed by atoms with van der Waals surface area (Å²) in [5.41, 5.74) is 0.687. The Hall–Kier alpha value is -1.00. The van der Waals surface area contributed by atoms with E-state index in [2.05, 4.69) is 23.8 Å². The van der Waals surface area contributed by atoms with Crippen LogP contribution in [-0.4, -0.2) is 34.9 Å². The molecule has 0 radical (unpaired) electrons. The second-order valence-corrected chi connectivity index (χ2v) is 4.90. The Morgan fingerprint density at radius 1 is 1.50 bits per heavy atom. The van der Waals surface area contributed by atoms with E-state index < -0.39 is 0 Å². The zero-order valence-electron chi connectivity index (χ0n) is 9.81. The molecule has 1 fully saturated rings. The van der Waals surface area contributed by atoms with Gasteiger partial charge in [0.2, 0.25) is 0 Å². The van der Waals surface area contributed by atoms with E-state index >= 15 is 0 Å². The van der Waals surface area contributed by atoms with Crippen LogP contribution < -0.4 is 0 Å². The van der Waals surface area contributed by atoms with Crippen LogP contribution in [0.1, 0.15) is 25.4 Å². The van der Waals surface area contributed by atoms with Gasteiger partial charge in [0, 0.05) is 11.9 Å². The zero-order chi connectivity index (χ0) is 11.6. The smallest absolute Gasteiger partial charge is 0.141 e. The van der Waals surface area contributed by atoms with E-state index in [1.807, 2.05) is 6.07 Å². The maximum absolute atomic E-state index is 9.40. The first-order valence-electron chi connectivity index (χ1n) is 5.67. The fourth-order valence-electron chi connectivity index (χ4n) is 1.82. The number of rotatable bonds is 4. The molecule has 1 aromatic rings. The third-order valence-corrected chi connectivity index (χ3v) is 2.86. The highest BCUT2D eigenvalue weighted by atomic mass is 16.5. The number of hydrogen-bond acceptors (Lipinski definition) is 4. The van der Waals surface area contributed by atoms with Crippen LogP contribution in [-0.2, 0) is 16.6 Å². The molecule has 2 rings (SSSR count). The summed E-state index contributed by atoms with van der Waals surface area (Å²) >= 11 is 0. The lowest BCUT2D eigenvalue weighted by atomic mass is 9.86. The zero-order valence-corrected chi connectivity index (χ0v) is 9.81. The van der Waals surface area contributed by atoms with Gasteiger partial charge in [-0.2, -0.15) is 0 Å². The largest absolute Gasteiger partial charge is 0.395 e. The first kappa shape index (κ1) is 11.5. The lowest BCUT2D eigenvalue weighted by Crippen LogP contribution is -2.51. The predicted molar refractivity (Wildman–Crippen MR) is 60.2 cm³/mol. The van der Waals surface area contributed by atoms with Crippen molar-refractivity contribution in [1.82, 2.24) is 9.97 Å². The molecule has 0 aliphatic carbocycles. The molecule has 1 aliphatic heterocycles. The minimum Gasteiger partial charge on any atom is -0.395 e. The van der Waals surface area contributed by atoms with E-state index in [1.165, 1.54) is 0 Å². The molecule has 88 valence electrons. The normalized spacial score (nSPS) is 18.5. The van der Waals surface area contributed by atoms with Crippen LogP contribution >= 0.6 is 0 Å². The summed E-state index contributed by atoms with van der Waals surface area (Å²) in [6, 6.07) is 1.94. The molecule has 1 aliphatic rings. The van der Waals surface area contributed by atoms with E-state index in [0.29, 0.717) is 19.1 Å². The molecule has 1 aromatic heterocycles. The van der Waals surface area contributed by atoms with Crippen molar-refractivity contribution in [3.05, 3.63) is 23.8 Å². The van der Waals surface area contributed by atoms with E-state index in [-0.39, 0.29) is 12.0 Å². The van der Waals surface area contributed by atoms with Gasteiger partial charge < -0.3 is 9.84 Å². The topological polar surface area (TPSA) is 55.2 Å². The first-order valence-corrected chi connectivity index (χ1v) is 5.67. The Balaban J connectivity index is 2.21. The second kappa shape index (κ2) is 4.47. The Labute approximate surface area is 95.7 Å². The van der Waals surface area contributed by atoms with Crippen molar-refractivity contribution in [2.75, 3.05) is 19.8 Å². The van der Waals surface area contributed by atoms with Gasteiger partial charge in [0.15, 0.2) is 0 Å². The summed E-state index contributed by atoms with van der Waals surface area (Å²) in [4.78, 5) is 8.79. The van der Waals surface area contributed by atoms with Crippen LogP contribution in [0.15, 0.2) is 12.3 Å². The third kappa shape index (κ3) is 2.08. The monoisotopic (exact) mass is 222 g/mol. The minimum absolute atomic E-state index is 0.0537. The van der Waals surface area contributed by atoms with Gasteiger partial charge in [0.05, 0.1) is 25.2 Å². The number of aliphatic hydroxyl groups is 1. The van der Waals surface area contributed by atoms with Gasteiger partial charge in [-0.3, -0.25) is 0 Å². The number of aliphatic hydroxyl groups excluding tert-OH is 1. The van der Waals surface area contributed by atoms with Crippen LogP contribution in [0.2, 0.25) is 0 Å². The molecule has 0 amide bonds. The van der Waals surface area contributed by atoms with Crippen molar-refractivity contribution in [3.8, 4) is 0 Å². The average Bonchev–Trinajstić information content (AvgIpc) is 2.16. The molecule has 0 saturated carbocycles. The number of aromatic nitrogens is 2. The van der Waals surface area contributed by atoms with Crippen molar-refractivity contribution >= 4 is 0 Å². The molecule has 1 N–H and O–H groups in total. The summed E-state index contributed by atoms with van der Waals surface area (Å²) in [5.74, 6) is 1.30. The number of ether oxygens (including phenoxy) is 1. The van der Waals surface area contributed by atoms with Gasteiger partial charge >= 0.3 is 0 Å². The lowest BCUT2D eigenvalue weighted by molar-refractivity contribution is -0.0885. The Morgan fingerprint density at radius 3 is 2.75 bits per heavy atom. The van der Waals surface area contributed by atoms with Crippen LogP contribution in [0, 0.1) is 5.92 Å². The van der Waals surface area contributed by atoms with Gasteiger partial charge in [-0.05, 0) is 18.4 Å². The molecule has 4 nitrogen and oxygen atoms in total. The fraction of sp³-hybridized carbons (Fsp3) is 0.667. The maximum atomic E-state index is 9.40. The molecule has 0 bridgehead atoms. The van der Waals surface area contributed by atoms with Crippen LogP contribution in [0.4, 0.5) is 0 Å². The van der Waals surface area contributed by atoms with E-state index in [1.54, 1.807) is 6.20 Å². The van der Waals surface area contributed by atoms with Crippen molar-refractivity contribution in [2.45, 2.75) is 25.7 Å². The van der Waals surface area contributed by atoms with Crippen LogP contribution in [0.5, 0.6) is 0 Å². The summed E-state index contributed by atoms with van der Waals surface area (Å²) in [5, 5.41) is 9.40. The van der Waals surface area contributed by atoms with Gasteiger partial charge in [0.25, 0.3) is 0 Å². The first-order chi connectivity index (χ1) is 7.66. The summed E-state index contributed by atoms with van der Waals surface area (Å²) in [6.45, 7) is 5.42. The lowest BCUT2D eigenvalue weighted by Gasteiger charge is -2.38. The van der Waals surface area contributed by atoms with Gasteiger partial charge in [0.1, 0.15) is 5.82 Å². The third-order valence-electron chi connectivity index (χ3n) is 2.86. The molecule has 16 heavy (non-hydrogen) atoms. The Morgan fingerprint density at radius 2 is 2.25 bits per heavy atom. The second-order valence-electron chi connectivity index (χ2n) is 4.90. The summed E-state index contributed by atoms with van der Waals surface area (Å²) in [6.07, 6.45) is 2.72. The van der Waals surface area contributed by atoms with E-state index in [4.69, 9.17) is 4.74 Å². The van der Waals surface area contributed by atoms with Gasteiger partial charge in [-0.25, -0.2) is 9.97 Å². The molecule has 0 spiro atoms. The molecular weight excluding hydrogens is 204 g/mol. The molecule has 0 aromatic carbocycles. The molecule has 1 saturated heterocycles. The van der Waals surface area contributed by atoms with Crippen molar-refractivity contribution < 1.29 is 9.84 Å². The standard InChI is InChI=1S/C12H18N2O2/c1-9(2)5-10-3-4-13-11(14-10)12(6-15)7-16-8-12/h3-4,9,15H,5-8H2,1-2H3. The molecule has 4 heteroatoms. The Kier molecular flexibility index (Phi) is 3.21. The molecule has 2 heterocycles. The highest BCUT2D eigenvalue weighted by Crippen LogP contribution is 2.29. The summed E-state index contributed by atoms with van der Waals surface area (Å²) in [7, 11) is 0. The fourth-order valence-corrected chi connectivity index (χ4v) is 1.82. The quantitative estimate of drug-likeness (QED) is 0.823. The van der Waals surface area contributed by atoms with Crippen molar-refractivity contribution in [2.24, 2.45) is 5.92 Å². The SMILES string of the molecule is CC(C)Cc1ccnc(C2(CO)COC2)n1. The van der Waals surface area contributed by atoms with Crippen molar-refractivity contribution in [1.29, 1.82) is 0 Å². The number of hydrogen-bond donors (Lipinski definition) is 1. The van der Waals surface area contributed by atoms with Gasteiger partial charge in [-0.1, -0.05) is 13.8 Å². The summed E-state index contributed by atoms with van der Waals surface area (Å²) < 4.78 is 5.16. The van der Waals surface area contributed by atoms with Crippen molar-refractivity contribution in [3.63, 3.8) is 0 Å². The number of nitrogens with zero attached hydrogens (tertiary/aromatic N) is 2. The highest BCUT2D eigenvalue weighted by molar-refractivity contribution is 5.15. The minimum atomic E-state index is -0.354. The average molecular weight is 222 g/mol. The molecule has 0 unspecified atom stereocenters. The molecular formula is C12H18N2O2. The maximum Gasteiger partial charge on any atom is 0.141 e. The van der Waals surface area contributed by atoms with Crippen LogP contribution in [0.3, 0.4) is 0 Å². The van der Waals surface area contributed by atoms with E-state index in [0.717, 1.165) is 17.9 Å².